The van der Waals surface area contributed by atoms with Gasteiger partial charge in [-0.15, -0.1) is 24.8 Å². The highest BCUT2D eigenvalue weighted by Crippen LogP contribution is 2.36. The Hall–Kier alpha value is -2.94. The molecule has 0 saturated heterocycles. The van der Waals surface area contributed by atoms with Crippen molar-refractivity contribution in [1.82, 2.24) is 14.9 Å². The molecule has 1 amide bonds. The molecule has 174 valence electrons. The number of nitrogens with one attached hydrogen (secondary N) is 1. The number of nitrogens with two attached hydrogens (primary N) is 1. The minimum Gasteiger partial charge on any atom is -0.496 e. The SMILES string of the molecule is CCn1cncc1CNC(=O)c1ccc(OC)c(Oc2cccc(OC)c2CN)c1.Cl.Cl. The van der Waals surface area contributed by atoms with E-state index < -0.39 is 0 Å². The lowest BCUT2D eigenvalue weighted by Gasteiger charge is -2.16. The maximum Gasteiger partial charge on any atom is 0.251 e. The van der Waals surface area contributed by atoms with Crippen molar-refractivity contribution >= 4 is 30.7 Å². The predicted molar refractivity (Wildman–Crippen MR) is 128 cm³/mol. The standard InChI is InChI=1S/C22H26N4O4.2ClH/c1-4-26-14-24-12-16(26)13-25-22(27)15-8-9-20(29-3)21(10-15)30-19-7-5-6-18(28-2)17(19)11-23;;/h5-10,12,14H,4,11,13,23H2,1-3H3,(H,25,27);2*1H. The molecule has 0 fully saturated rings. The van der Waals surface area contributed by atoms with Gasteiger partial charge >= 0.3 is 0 Å². The van der Waals surface area contributed by atoms with E-state index in [1.807, 2.05) is 23.6 Å². The topological polar surface area (TPSA) is 101 Å². The Morgan fingerprint density at radius 1 is 1.06 bits per heavy atom. The van der Waals surface area contributed by atoms with E-state index in [1.54, 1.807) is 51.0 Å². The number of imidazole rings is 1. The smallest absolute Gasteiger partial charge is 0.251 e. The highest BCUT2D eigenvalue weighted by molar-refractivity contribution is 5.94. The Morgan fingerprint density at radius 3 is 2.44 bits per heavy atom. The highest BCUT2D eigenvalue weighted by Gasteiger charge is 2.15. The molecular weight excluding hydrogens is 455 g/mol. The lowest BCUT2D eigenvalue weighted by molar-refractivity contribution is 0.0949. The fraction of sp³-hybridized carbons (Fsp3) is 0.273. The van der Waals surface area contributed by atoms with Crippen LogP contribution in [0, 0.1) is 0 Å². The molecule has 0 radical (unpaired) electrons. The van der Waals surface area contributed by atoms with Crippen LogP contribution in [0.25, 0.3) is 0 Å². The van der Waals surface area contributed by atoms with Crippen molar-refractivity contribution in [2.45, 2.75) is 26.6 Å². The van der Waals surface area contributed by atoms with Crippen LogP contribution in [0.3, 0.4) is 0 Å². The van der Waals surface area contributed by atoms with Crippen molar-refractivity contribution in [3.8, 4) is 23.0 Å². The number of aromatic nitrogens is 2. The van der Waals surface area contributed by atoms with Gasteiger partial charge in [0.2, 0.25) is 0 Å². The van der Waals surface area contributed by atoms with Crippen LogP contribution in [0.15, 0.2) is 48.9 Å². The second kappa shape index (κ2) is 12.8. The average molecular weight is 483 g/mol. The van der Waals surface area contributed by atoms with Crippen LogP contribution in [-0.2, 0) is 19.6 Å². The van der Waals surface area contributed by atoms with Gasteiger partial charge in [0.05, 0.1) is 38.3 Å². The first-order valence-electron chi connectivity index (χ1n) is 9.60. The molecule has 0 aliphatic rings. The molecule has 10 heteroatoms. The van der Waals surface area contributed by atoms with Crippen molar-refractivity contribution in [2.75, 3.05) is 14.2 Å². The third kappa shape index (κ3) is 6.06. The predicted octanol–water partition coefficient (Wildman–Crippen LogP) is 3.94. The molecule has 0 atom stereocenters. The summed E-state index contributed by atoms with van der Waals surface area (Å²) in [6.45, 7) is 3.43. The van der Waals surface area contributed by atoms with Crippen molar-refractivity contribution in [1.29, 1.82) is 0 Å². The summed E-state index contributed by atoms with van der Waals surface area (Å²) in [6, 6.07) is 10.5. The van der Waals surface area contributed by atoms with Crippen molar-refractivity contribution in [3.63, 3.8) is 0 Å². The van der Waals surface area contributed by atoms with E-state index in [0.717, 1.165) is 17.8 Å². The third-order valence-corrected chi connectivity index (χ3v) is 4.73. The number of benzene rings is 2. The van der Waals surface area contributed by atoms with E-state index in [2.05, 4.69) is 10.3 Å². The summed E-state index contributed by atoms with van der Waals surface area (Å²) < 4.78 is 18.8. The molecule has 32 heavy (non-hydrogen) atoms. The molecule has 3 N–H and O–H groups in total. The van der Waals surface area contributed by atoms with E-state index in [9.17, 15) is 4.79 Å². The van der Waals surface area contributed by atoms with Crippen LogP contribution in [-0.4, -0.2) is 29.7 Å². The minimum atomic E-state index is -0.226. The van der Waals surface area contributed by atoms with E-state index >= 15 is 0 Å². The van der Waals surface area contributed by atoms with Crippen LogP contribution < -0.4 is 25.3 Å². The van der Waals surface area contributed by atoms with Gasteiger partial charge in [-0.2, -0.15) is 0 Å². The first-order chi connectivity index (χ1) is 14.6. The van der Waals surface area contributed by atoms with Crippen LogP contribution in [0.4, 0.5) is 0 Å². The molecule has 1 aromatic heterocycles. The van der Waals surface area contributed by atoms with Gasteiger partial charge in [-0.1, -0.05) is 6.07 Å². The fourth-order valence-electron chi connectivity index (χ4n) is 3.10. The summed E-state index contributed by atoms with van der Waals surface area (Å²) in [5.41, 5.74) is 7.98. The van der Waals surface area contributed by atoms with Gasteiger partial charge in [0, 0.05) is 24.8 Å². The van der Waals surface area contributed by atoms with Gasteiger partial charge in [-0.05, 0) is 37.3 Å². The second-order valence-electron chi connectivity index (χ2n) is 6.46. The molecule has 3 aromatic rings. The second-order valence-corrected chi connectivity index (χ2v) is 6.46. The Morgan fingerprint density at radius 2 is 1.78 bits per heavy atom. The number of ether oxygens (including phenoxy) is 3. The van der Waals surface area contributed by atoms with Crippen LogP contribution >= 0.6 is 24.8 Å². The number of rotatable bonds is 9. The lowest BCUT2D eigenvalue weighted by atomic mass is 10.1. The van der Waals surface area contributed by atoms with Crippen LogP contribution in [0.5, 0.6) is 23.0 Å². The molecule has 0 aliphatic heterocycles. The quantitative estimate of drug-likeness (QED) is 0.478. The monoisotopic (exact) mass is 482 g/mol. The van der Waals surface area contributed by atoms with Gasteiger partial charge in [-0.25, -0.2) is 4.98 Å². The molecule has 0 spiro atoms. The minimum absolute atomic E-state index is 0. The van der Waals surface area contributed by atoms with Crippen LogP contribution in [0.1, 0.15) is 28.5 Å². The summed E-state index contributed by atoms with van der Waals surface area (Å²) in [6.07, 6.45) is 3.48. The Bertz CT molecular complexity index is 1030. The number of hydrogen-bond acceptors (Lipinski definition) is 6. The molecule has 1 heterocycles. The number of carbonyl (C=O) groups is 1. The number of nitrogens with zero attached hydrogens (tertiary/aromatic N) is 2. The largest absolute Gasteiger partial charge is 0.496 e. The first kappa shape index (κ1) is 27.1. The Kier molecular flexibility index (Phi) is 10.8. The summed E-state index contributed by atoms with van der Waals surface area (Å²) in [5.74, 6) is 1.86. The Balaban J connectivity index is 0.00000256. The molecule has 2 aromatic carbocycles. The first-order valence-corrected chi connectivity index (χ1v) is 9.60. The zero-order valence-electron chi connectivity index (χ0n) is 18.2. The molecule has 8 nitrogen and oxygen atoms in total. The molecule has 0 aliphatic carbocycles. The average Bonchev–Trinajstić information content (AvgIpc) is 3.24. The summed E-state index contributed by atoms with van der Waals surface area (Å²) >= 11 is 0. The molecule has 0 saturated carbocycles. The molecule has 0 bridgehead atoms. The van der Waals surface area contributed by atoms with E-state index in [4.69, 9.17) is 19.9 Å². The normalized spacial score (nSPS) is 9.88. The van der Waals surface area contributed by atoms with Gasteiger partial charge < -0.3 is 29.8 Å². The van der Waals surface area contributed by atoms with Crippen LogP contribution in [0.2, 0.25) is 0 Å². The van der Waals surface area contributed by atoms with Gasteiger partial charge in [-0.3, -0.25) is 4.79 Å². The van der Waals surface area contributed by atoms with Gasteiger partial charge in [0.15, 0.2) is 11.5 Å². The van der Waals surface area contributed by atoms with Gasteiger partial charge in [0.25, 0.3) is 5.91 Å². The molecular formula is C22H28Cl2N4O4. The Labute approximate surface area is 199 Å². The number of hydrogen-bond donors (Lipinski definition) is 2. The van der Waals surface area contributed by atoms with Crippen molar-refractivity contribution in [3.05, 3.63) is 65.7 Å². The van der Waals surface area contributed by atoms with E-state index in [0.29, 0.717) is 35.1 Å². The van der Waals surface area contributed by atoms with Gasteiger partial charge in [0.1, 0.15) is 11.5 Å². The molecule has 0 unspecified atom stereocenters. The lowest BCUT2D eigenvalue weighted by Crippen LogP contribution is -2.24. The third-order valence-electron chi connectivity index (χ3n) is 4.73. The maximum atomic E-state index is 12.7. The zero-order valence-corrected chi connectivity index (χ0v) is 19.8. The fourth-order valence-corrected chi connectivity index (χ4v) is 3.10. The zero-order chi connectivity index (χ0) is 21.5. The highest BCUT2D eigenvalue weighted by atomic mass is 35.5. The van der Waals surface area contributed by atoms with E-state index in [1.165, 1.54) is 0 Å². The number of amides is 1. The number of carbonyl (C=O) groups excluding carboxylic acids is 1. The maximum absolute atomic E-state index is 12.7. The van der Waals surface area contributed by atoms with Crippen molar-refractivity contribution < 1.29 is 19.0 Å². The number of halogens is 2. The van der Waals surface area contributed by atoms with Crippen molar-refractivity contribution in [2.24, 2.45) is 5.73 Å². The summed E-state index contributed by atoms with van der Waals surface area (Å²) in [5, 5.41) is 2.91. The summed E-state index contributed by atoms with van der Waals surface area (Å²) in [4.78, 5) is 16.8. The van der Waals surface area contributed by atoms with E-state index in [-0.39, 0.29) is 37.3 Å². The molecule has 3 rings (SSSR count). The number of methoxy groups -OCH3 is 2. The summed E-state index contributed by atoms with van der Waals surface area (Å²) in [7, 11) is 3.12. The number of aryl methyl sites for hydroxylation is 1.